The maximum atomic E-state index is 12.9. The van der Waals surface area contributed by atoms with Gasteiger partial charge in [0.25, 0.3) is 5.91 Å². The lowest BCUT2D eigenvalue weighted by Gasteiger charge is -2.22. The van der Waals surface area contributed by atoms with E-state index in [1.54, 1.807) is 0 Å². The first-order valence-electron chi connectivity index (χ1n) is 8.44. The van der Waals surface area contributed by atoms with E-state index in [1.807, 2.05) is 0 Å². The van der Waals surface area contributed by atoms with Crippen molar-refractivity contribution in [3.63, 3.8) is 0 Å². The number of urea groups is 1. The number of ether oxygens (including phenoxy) is 1. The van der Waals surface area contributed by atoms with E-state index in [4.69, 9.17) is 0 Å². The van der Waals surface area contributed by atoms with Crippen LogP contribution in [0.4, 0.5) is 23.7 Å². The van der Waals surface area contributed by atoms with Gasteiger partial charge < -0.3 is 15.4 Å². The summed E-state index contributed by atoms with van der Waals surface area (Å²) in [4.78, 5) is 38.0. The van der Waals surface area contributed by atoms with Crippen molar-refractivity contribution in [2.45, 2.75) is 19.1 Å². The van der Waals surface area contributed by atoms with Crippen LogP contribution in [-0.4, -0.2) is 35.9 Å². The van der Waals surface area contributed by atoms with Gasteiger partial charge in [-0.3, -0.25) is 14.5 Å². The minimum absolute atomic E-state index is 0.0975. The highest BCUT2D eigenvalue weighted by Crippen LogP contribution is 2.30. The first-order chi connectivity index (χ1) is 13.7. The molecule has 152 valence electrons. The Morgan fingerprint density at radius 2 is 1.76 bits per heavy atom. The number of hydrogen-bond acceptors (Lipinski definition) is 4. The first kappa shape index (κ1) is 20.2. The molecule has 0 unspecified atom stereocenters. The van der Waals surface area contributed by atoms with E-state index in [9.17, 15) is 27.6 Å². The number of anilines is 1. The third kappa shape index (κ3) is 4.31. The summed E-state index contributed by atoms with van der Waals surface area (Å²) in [5, 5.41) is 4.97. The zero-order chi connectivity index (χ0) is 21.2. The van der Waals surface area contributed by atoms with Crippen LogP contribution in [-0.2, 0) is 15.1 Å². The third-order valence-corrected chi connectivity index (χ3v) is 4.36. The van der Waals surface area contributed by atoms with Gasteiger partial charge >= 0.3 is 12.6 Å². The Kier molecular flexibility index (Phi) is 5.44. The summed E-state index contributed by atoms with van der Waals surface area (Å²) in [6, 6.07) is 9.45. The van der Waals surface area contributed by atoms with Crippen LogP contribution < -0.4 is 15.4 Å². The van der Waals surface area contributed by atoms with Crippen molar-refractivity contribution in [3.05, 3.63) is 59.9 Å². The molecule has 1 fully saturated rings. The number of carbonyl (C=O) groups excluding carboxylic acids is 3. The number of hydrogen-bond donors (Lipinski definition) is 2. The molecule has 2 aromatic carbocycles. The van der Waals surface area contributed by atoms with E-state index in [-0.39, 0.29) is 5.75 Å². The Labute approximate surface area is 163 Å². The summed E-state index contributed by atoms with van der Waals surface area (Å²) in [6.45, 7) is -2.10. The number of alkyl halides is 2. The summed E-state index contributed by atoms with van der Waals surface area (Å²) in [5.74, 6) is -1.90. The minimum Gasteiger partial charge on any atom is -0.435 e. The maximum absolute atomic E-state index is 12.9. The second-order valence-electron chi connectivity index (χ2n) is 6.40. The molecule has 1 atom stereocenters. The number of nitrogens with one attached hydrogen (secondary N) is 2. The smallest absolute Gasteiger partial charge is 0.387 e. The van der Waals surface area contributed by atoms with Crippen molar-refractivity contribution in [2.75, 3.05) is 11.9 Å². The van der Waals surface area contributed by atoms with Gasteiger partial charge in [0.1, 0.15) is 23.7 Å². The number of carbonyl (C=O) groups is 3. The van der Waals surface area contributed by atoms with E-state index in [2.05, 4.69) is 15.4 Å². The molecule has 1 aliphatic rings. The molecule has 10 heteroatoms. The van der Waals surface area contributed by atoms with Gasteiger partial charge in [-0.2, -0.15) is 8.78 Å². The summed E-state index contributed by atoms with van der Waals surface area (Å²) in [6.07, 6.45) is 0. The van der Waals surface area contributed by atoms with Crippen LogP contribution in [0.3, 0.4) is 0 Å². The van der Waals surface area contributed by atoms with E-state index in [0.717, 1.165) is 17.0 Å². The number of benzene rings is 2. The quantitative estimate of drug-likeness (QED) is 0.721. The number of nitrogens with zero attached hydrogens (tertiary/aromatic N) is 1. The normalized spacial score (nSPS) is 18.7. The number of imide groups is 1. The Hall–Kier alpha value is -3.56. The highest BCUT2D eigenvalue weighted by atomic mass is 19.3. The highest BCUT2D eigenvalue weighted by molar-refractivity contribution is 6.10. The van der Waals surface area contributed by atoms with Crippen LogP contribution in [0, 0.1) is 5.82 Å². The Balaban J connectivity index is 1.71. The highest BCUT2D eigenvalue weighted by Gasteiger charge is 2.49. The largest absolute Gasteiger partial charge is 0.435 e. The van der Waals surface area contributed by atoms with Gasteiger partial charge in [0, 0.05) is 5.69 Å². The molecule has 0 aromatic heterocycles. The molecule has 0 aliphatic carbocycles. The molecule has 29 heavy (non-hydrogen) atoms. The molecule has 0 saturated carbocycles. The molecule has 3 rings (SSSR count). The molecule has 1 aliphatic heterocycles. The van der Waals surface area contributed by atoms with Gasteiger partial charge in [0.05, 0.1) is 0 Å². The van der Waals surface area contributed by atoms with Gasteiger partial charge in [-0.15, -0.1) is 0 Å². The summed E-state index contributed by atoms with van der Waals surface area (Å²) in [5.41, 5.74) is -0.837. The van der Waals surface area contributed by atoms with Crippen molar-refractivity contribution in [1.29, 1.82) is 0 Å². The van der Waals surface area contributed by atoms with Crippen LogP contribution in [0.5, 0.6) is 5.75 Å². The van der Waals surface area contributed by atoms with Crippen LogP contribution >= 0.6 is 0 Å². The first-order valence-corrected chi connectivity index (χ1v) is 8.44. The van der Waals surface area contributed by atoms with E-state index >= 15 is 0 Å². The number of halogens is 3. The third-order valence-electron chi connectivity index (χ3n) is 4.36. The fourth-order valence-electron chi connectivity index (χ4n) is 2.88. The molecular formula is C19H16F3N3O4. The van der Waals surface area contributed by atoms with Crippen molar-refractivity contribution < 1.29 is 32.3 Å². The lowest BCUT2D eigenvalue weighted by atomic mass is 9.92. The topological polar surface area (TPSA) is 87.7 Å². The lowest BCUT2D eigenvalue weighted by molar-refractivity contribution is -0.133. The molecule has 0 radical (unpaired) electrons. The van der Waals surface area contributed by atoms with Crippen molar-refractivity contribution in [1.82, 2.24) is 10.2 Å². The molecular weight excluding hydrogens is 391 g/mol. The Morgan fingerprint density at radius 3 is 2.34 bits per heavy atom. The van der Waals surface area contributed by atoms with Gasteiger partial charge in [-0.05, 0) is 48.9 Å². The lowest BCUT2D eigenvalue weighted by Crippen LogP contribution is -2.42. The van der Waals surface area contributed by atoms with Crippen LogP contribution in [0.15, 0.2) is 48.5 Å². The van der Waals surface area contributed by atoms with Crippen LogP contribution in [0.1, 0.15) is 12.5 Å². The Morgan fingerprint density at radius 1 is 1.14 bits per heavy atom. The SMILES string of the molecule is C[C@]1(c2ccc(OC(F)F)cc2)NC(=O)N(CC(=O)Nc2ccc(F)cc2)C1=O. The van der Waals surface area contributed by atoms with Gasteiger partial charge in [-0.25, -0.2) is 9.18 Å². The second-order valence-corrected chi connectivity index (χ2v) is 6.40. The zero-order valence-corrected chi connectivity index (χ0v) is 15.1. The maximum Gasteiger partial charge on any atom is 0.387 e. The molecule has 4 amide bonds. The molecule has 2 N–H and O–H groups in total. The number of rotatable bonds is 6. The summed E-state index contributed by atoms with van der Waals surface area (Å²) < 4.78 is 41.7. The van der Waals surface area contributed by atoms with E-state index in [1.165, 1.54) is 43.3 Å². The predicted octanol–water partition coefficient (Wildman–Crippen LogP) is 2.83. The zero-order valence-electron chi connectivity index (χ0n) is 15.1. The van der Waals surface area contributed by atoms with Gasteiger partial charge in [-0.1, -0.05) is 12.1 Å². The second kappa shape index (κ2) is 7.82. The van der Waals surface area contributed by atoms with Crippen molar-refractivity contribution in [3.8, 4) is 5.75 Å². The molecule has 0 spiro atoms. The van der Waals surface area contributed by atoms with Gasteiger partial charge in [0.15, 0.2) is 0 Å². The van der Waals surface area contributed by atoms with Crippen LogP contribution in [0.2, 0.25) is 0 Å². The standard InChI is InChI=1S/C19H16F3N3O4/c1-19(11-2-8-14(9-3-11)29-17(21)22)16(27)25(18(28)24-19)10-15(26)23-13-6-4-12(20)5-7-13/h2-9,17H,10H2,1H3,(H,23,26)(H,24,28)/t19-/m1/s1. The van der Waals surface area contributed by atoms with E-state index in [0.29, 0.717) is 11.3 Å². The molecule has 7 nitrogen and oxygen atoms in total. The molecule has 0 bridgehead atoms. The monoisotopic (exact) mass is 407 g/mol. The molecule has 1 saturated heterocycles. The minimum atomic E-state index is -2.99. The predicted molar refractivity (Wildman–Crippen MR) is 95.7 cm³/mol. The fourth-order valence-corrected chi connectivity index (χ4v) is 2.88. The summed E-state index contributed by atoms with van der Waals surface area (Å²) in [7, 11) is 0. The summed E-state index contributed by atoms with van der Waals surface area (Å²) >= 11 is 0. The average molecular weight is 407 g/mol. The van der Waals surface area contributed by atoms with Gasteiger partial charge in [0.2, 0.25) is 5.91 Å². The van der Waals surface area contributed by atoms with Crippen LogP contribution in [0.25, 0.3) is 0 Å². The number of amides is 4. The fraction of sp³-hybridized carbons (Fsp3) is 0.211. The average Bonchev–Trinajstić information content (AvgIpc) is 2.88. The van der Waals surface area contributed by atoms with E-state index < -0.39 is 42.4 Å². The van der Waals surface area contributed by atoms with Crippen molar-refractivity contribution in [2.24, 2.45) is 0 Å². The molecule has 1 heterocycles. The Bertz CT molecular complexity index is 935. The van der Waals surface area contributed by atoms with Crippen molar-refractivity contribution >= 4 is 23.5 Å². The molecule has 2 aromatic rings.